The number of carbonyl (C=O) groups excluding carboxylic acids is 2. The summed E-state index contributed by atoms with van der Waals surface area (Å²) in [6.07, 6.45) is -0.874. The van der Waals surface area contributed by atoms with E-state index >= 15 is 0 Å². The first-order valence-corrected chi connectivity index (χ1v) is 8.09. The van der Waals surface area contributed by atoms with Crippen molar-refractivity contribution in [2.75, 3.05) is 0 Å². The van der Waals surface area contributed by atoms with Crippen molar-refractivity contribution in [3.05, 3.63) is 70.2 Å². The molecule has 1 amide bonds. The normalized spacial score (nSPS) is 13.0. The Labute approximate surface area is 144 Å². The molecule has 2 atom stereocenters. The Morgan fingerprint density at radius 2 is 1.61 bits per heavy atom. The number of rotatable bonds is 5. The van der Waals surface area contributed by atoms with E-state index in [2.05, 4.69) is 21.2 Å². The number of nitrogens with one attached hydrogen (secondary N) is 1. The van der Waals surface area contributed by atoms with Gasteiger partial charge < -0.3 is 10.1 Å². The lowest BCUT2D eigenvalue weighted by Crippen LogP contribution is -2.37. The number of hydrogen-bond donors (Lipinski definition) is 1. The standard InChI is InChI=1S/C18H18BrNO3/c1-12(14-8-4-3-5-9-14)20-17(21)13(2)23-18(22)15-10-6-7-11-16(15)19/h3-13H,1-2H3,(H,20,21). The monoisotopic (exact) mass is 375 g/mol. The van der Waals surface area contributed by atoms with Gasteiger partial charge in [-0.1, -0.05) is 42.5 Å². The largest absolute Gasteiger partial charge is 0.449 e. The van der Waals surface area contributed by atoms with Gasteiger partial charge in [-0.25, -0.2) is 4.79 Å². The highest BCUT2D eigenvalue weighted by molar-refractivity contribution is 9.10. The minimum absolute atomic E-state index is 0.159. The van der Waals surface area contributed by atoms with E-state index in [1.54, 1.807) is 31.2 Å². The zero-order valence-electron chi connectivity index (χ0n) is 13.0. The molecule has 0 heterocycles. The molecule has 0 aliphatic heterocycles. The first kappa shape index (κ1) is 17.2. The van der Waals surface area contributed by atoms with Crippen molar-refractivity contribution in [3.8, 4) is 0 Å². The molecule has 0 saturated heterocycles. The molecule has 0 aliphatic rings. The average Bonchev–Trinajstić information content (AvgIpc) is 2.55. The van der Waals surface area contributed by atoms with Gasteiger partial charge in [0.1, 0.15) is 0 Å². The molecule has 120 valence electrons. The maximum Gasteiger partial charge on any atom is 0.340 e. The minimum atomic E-state index is -0.874. The Morgan fingerprint density at radius 1 is 1.00 bits per heavy atom. The Hall–Kier alpha value is -2.14. The van der Waals surface area contributed by atoms with Crippen LogP contribution in [0.3, 0.4) is 0 Å². The van der Waals surface area contributed by atoms with Crippen LogP contribution in [-0.2, 0) is 9.53 Å². The molecule has 0 spiro atoms. The number of esters is 1. The fourth-order valence-electron chi connectivity index (χ4n) is 2.06. The molecule has 2 aromatic rings. The van der Waals surface area contributed by atoms with Crippen LogP contribution >= 0.6 is 15.9 Å². The predicted octanol–water partition coefficient (Wildman–Crippen LogP) is 3.87. The van der Waals surface area contributed by atoms with Crippen LogP contribution in [0.2, 0.25) is 0 Å². The second kappa shape index (κ2) is 7.92. The van der Waals surface area contributed by atoms with Gasteiger partial charge >= 0.3 is 5.97 Å². The summed E-state index contributed by atoms with van der Waals surface area (Å²) >= 11 is 3.29. The van der Waals surface area contributed by atoms with E-state index in [-0.39, 0.29) is 11.9 Å². The van der Waals surface area contributed by atoms with Crippen LogP contribution in [0.4, 0.5) is 0 Å². The average molecular weight is 376 g/mol. The molecule has 0 aliphatic carbocycles. The molecule has 23 heavy (non-hydrogen) atoms. The topological polar surface area (TPSA) is 55.4 Å². The smallest absolute Gasteiger partial charge is 0.340 e. The Kier molecular flexibility index (Phi) is 5.93. The Balaban J connectivity index is 1.95. The molecule has 2 rings (SSSR count). The van der Waals surface area contributed by atoms with Gasteiger partial charge in [-0.3, -0.25) is 4.79 Å². The number of ether oxygens (including phenoxy) is 1. The summed E-state index contributed by atoms with van der Waals surface area (Å²) in [5.41, 5.74) is 1.38. The van der Waals surface area contributed by atoms with Crippen molar-refractivity contribution in [2.24, 2.45) is 0 Å². The maximum atomic E-state index is 12.2. The summed E-state index contributed by atoms with van der Waals surface area (Å²) in [6, 6.07) is 16.4. The van der Waals surface area contributed by atoms with Crippen LogP contribution in [0.15, 0.2) is 59.1 Å². The molecule has 0 aromatic heterocycles. The van der Waals surface area contributed by atoms with Crippen LogP contribution in [0, 0.1) is 0 Å². The highest BCUT2D eigenvalue weighted by Gasteiger charge is 2.21. The van der Waals surface area contributed by atoms with Crippen LogP contribution in [0.25, 0.3) is 0 Å². The Morgan fingerprint density at radius 3 is 2.26 bits per heavy atom. The third kappa shape index (κ3) is 4.66. The number of hydrogen-bond acceptors (Lipinski definition) is 3. The van der Waals surface area contributed by atoms with Crippen LogP contribution in [-0.4, -0.2) is 18.0 Å². The zero-order valence-corrected chi connectivity index (χ0v) is 14.5. The van der Waals surface area contributed by atoms with E-state index in [1.165, 1.54) is 0 Å². The lowest BCUT2D eigenvalue weighted by molar-refractivity contribution is -0.129. The van der Waals surface area contributed by atoms with Crippen molar-refractivity contribution in [1.82, 2.24) is 5.32 Å². The van der Waals surface area contributed by atoms with Gasteiger partial charge in [0.25, 0.3) is 5.91 Å². The van der Waals surface area contributed by atoms with Crippen molar-refractivity contribution >= 4 is 27.8 Å². The molecule has 0 fully saturated rings. The number of amides is 1. The molecular weight excluding hydrogens is 358 g/mol. The summed E-state index contributed by atoms with van der Waals surface area (Å²) < 4.78 is 5.87. The summed E-state index contributed by atoms with van der Waals surface area (Å²) in [5, 5.41) is 2.84. The lowest BCUT2D eigenvalue weighted by Gasteiger charge is -2.18. The molecule has 0 bridgehead atoms. The fraction of sp³-hybridized carbons (Fsp3) is 0.222. The van der Waals surface area contributed by atoms with Crippen molar-refractivity contribution in [3.63, 3.8) is 0 Å². The molecule has 1 N–H and O–H groups in total. The molecule has 0 radical (unpaired) electrons. The lowest BCUT2D eigenvalue weighted by atomic mass is 10.1. The van der Waals surface area contributed by atoms with Gasteiger partial charge in [0.15, 0.2) is 6.10 Å². The summed E-state index contributed by atoms with van der Waals surface area (Å²) in [4.78, 5) is 24.3. The molecule has 2 aromatic carbocycles. The van der Waals surface area contributed by atoms with E-state index in [0.29, 0.717) is 10.0 Å². The third-order valence-corrected chi connectivity index (χ3v) is 4.10. The highest BCUT2D eigenvalue weighted by Crippen LogP contribution is 2.18. The second-order valence-corrected chi connectivity index (χ2v) is 6.02. The van der Waals surface area contributed by atoms with E-state index < -0.39 is 12.1 Å². The molecule has 0 saturated carbocycles. The highest BCUT2D eigenvalue weighted by atomic mass is 79.9. The van der Waals surface area contributed by atoms with Crippen molar-refractivity contribution < 1.29 is 14.3 Å². The first-order chi connectivity index (χ1) is 11.0. The van der Waals surface area contributed by atoms with Gasteiger partial charge in [0.2, 0.25) is 0 Å². The van der Waals surface area contributed by atoms with E-state index in [4.69, 9.17) is 4.74 Å². The molecule has 4 nitrogen and oxygen atoms in total. The second-order valence-electron chi connectivity index (χ2n) is 5.17. The SMILES string of the molecule is CC(OC(=O)c1ccccc1Br)C(=O)NC(C)c1ccccc1. The van der Waals surface area contributed by atoms with Crippen molar-refractivity contribution in [2.45, 2.75) is 26.0 Å². The van der Waals surface area contributed by atoms with Crippen LogP contribution < -0.4 is 5.32 Å². The van der Waals surface area contributed by atoms with E-state index in [1.807, 2.05) is 37.3 Å². The zero-order chi connectivity index (χ0) is 16.8. The van der Waals surface area contributed by atoms with Gasteiger partial charge in [0, 0.05) is 4.47 Å². The molecular formula is C18H18BrNO3. The fourth-order valence-corrected chi connectivity index (χ4v) is 2.51. The number of benzene rings is 2. The van der Waals surface area contributed by atoms with Gasteiger partial charge in [0.05, 0.1) is 11.6 Å². The van der Waals surface area contributed by atoms with Crippen LogP contribution in [0.5, 0.6) is 0 Å². The molecule has 5 heteroatoms. The van der Waals surface area contributed by atoms with Crippen molar-refractivity contribution in [1.29, 1.82) is 0 Å². The predicted molar refractivity (Wildman–Crippen MR) is 92.0 cm³/mol. The summed E-state index contributed by atoms with van der Waals surface area (Å²) in [7, 11) is 0. The summed E-state index contributed by atoms with van der Waals surface area (Å²) in [6.45, 7) is 3.44. The maximum absolute atomic E-state index is 12.2. The van der Waals surface area contributed by atoms with E-state index in [9.17, 15) is 9.59 Å². The molecule has 2 unspecified atom stereocenters. The van der Waals surface area contributed by atoms with E-state index in [0.717, 1.165) is 5.56 Å². The Bertz CT molecular complexity index is 688. The third-order valence-electron chi connectivity index (χ3n) is 3.41. The first-order valence-electron chi connectivity index (χ1n) is 7.30. The van der Waals surface area contributed by atoms with Gasteiger partial charge in [-0.15, -0.1) is 0 Å². The minimum Gasteiger partial charge on any atom is -0.449 e. The van der Waals surface area contributed by atoms with Gasteiger partial charge in [-0.05, 0) is 47.5 Å². The quantitative estimate of drug-likeness (QED) is 0.806. The summed E-state index contributed by atoms with van der Waals surface area (Å²) in [5.74, 6) is -0.866. The van der Waals surface area contributed by atoms with Crippen LogP contribution in [0.1, 0.15) is 35.8 Å². The van der Waals surface area contributed by atoms with Gasteiger partial charge in [-0.2, -0.15) is 0 Å². The number of carbonyl (C=O) groups is 2. The number of halogens is 1.